The highest BCUT2D eigenvalue weighted by Crippen LogP contribution is 2.48. The van der Waals surface area contributed by atoms with Crippen LogP contribution in [0.4, 0.5) is 5.69 Å². The maximum atomic E-state index is 12.3. The molecule has 4 heteroatoms. The molecular weight excluding hydrogens is 330 g/mol. The predicted molar refractivity (Wildman–Crippen MR) is 86.6 cm³/mol. The van der Waals surface area contributed by atoms with Crippen LogP contribution in [0.15, 0.2) is 53.0 Å². The highest BCUT2D eigenvalue weighted by Gasteiger charge is 2.43. The lowest BCUT2D eigenvalue weighted by Crippen LogP contribution is -2.14. The molecule has 1 N–H and O–H groups in total. The molecule has 1 aliphatic carbocycles. The van der Waals surface area contributed by atoms with Crippen LogP contribution in [0.25, 0.3) is 0 Å². The molecule has 0 radical (unpaired) electrons. The molecule has 2 unspecified atom stereocenters. The Morgan fingerprint density at radius 1 is 1.19 bits per heavy atom. The zero-order valence-electron chi connectivity index (χ0n) is 11.7. The second-order valence-corrected chi connectivity index (χ2v) is 6.05. The molecule has 2 aromatic rings. The standard InChI is InChI=1S/C17H16BrNO2/c1-21-12-8-6-11(7-9-12)13-10-14(13)17(20)19-16-5-3-2-4-15(16)18/h2-9,13-14H,10H2,1H3,(H,19,20). The van der Waals surface area contributed by atoms with Gasteiger partial charge < -0.3 is 10.1 Å². The number of amides is 1. The van der Waals surface area contributed by atoms with E-state index in [1.54, 1.807) is 7.11 Å². The summed E-state index contributed by atoms with van der Waals surface area (Å²) in [5.74, 6) is 1.31. The molecular formula is C17H16BrNO2. The van der Waals surface area contributed by atoms with Crippen molar-refractivity contribution >= 4 is 27.5 Å². The topological polar surface area (TPSA) is 38.3 Å². The van der Waals surface area contributed by atoms with E-state index in [1.807, 2.05) is 48.5 Å². The average molecular weight is 346 g/mol. The van der Waals surface area contributed by atoms with Crippen LogP contribution in [-0.2, 0) is 4.79 Å². The molecule has 3 nitrogen and oxygen atoms in total. The zero-order valence-corrected chi connectivity index (χ0v) is 13.3. The van der Waals surface area contributed by atoms with E-state index in [-0.39, 0.29) is 11.8 Å². The lowest BCUT2D eigenvalue weighted by molar-refractivity contribution is -0.117. The summed E-state index contributed by atoms with van der Waals surface area (Å²) >= 11 is 3.44. The molecule has 108 valence electrons. The van der Waals surface area contributed by atoms with Crippen molar-refractivity contribution in [3.8, 4) is 5.75 Å². The normalized spacial score (nSPS) is 19.9. The molecule has 2 atom stereocenters. The Labute approximate surface area is 132 Å². The van der Waals surface area contributed by atoms with Gasteiger partial charge in [-0.2, -0.15) is 0 Å². The van der Waals surface area contributed by atoms with Gasteiger partial charge in [-0.1, -0.05) is 24.3 Å². The lowest BCUT2D eigenvalue weighted by atomic mass is 10.1. The van der Waals surface area contributed by atoms with Gasteiger partial charge in [0.15, 0.2) is 0 Å². The second kappa shape index (κ2) is 5.90. The number of para-hydroxylation sites is 1. The van der Waals surface area contributed by atoms with Crippen molar-refractivity contribution in [2.45, 2.75) is 12.3 Å². The Bertz CT molecular complexity index is 654. The number of carbonyl (C=O) groups is 1. The maximum Gasteiger partial charge on any atom is 0.228 e. The van der Waals surface area contributed by atoms with Crippen LogP contribution in [0, 0.1) is 5.92 Å². The molecule has 3 rings (SSSR count). The number of nitrogens with one attached hydrogen (secondary N) is 1. The van der Waals surface area contributed by atoms with Crippen LogP contribution < -0.4 is 10.1 Å². The Morgan fingerprint density at radius 3 is 2.57 bits per heavy atom. The third kappa shape index (κ3) is 3.10. The van der Waals surface area contributed by atoms with Gasteiger partial charge in [0.2, 0.25) is 5.91 Å². The first-order valence-electron chi connectivity index (χ1n) is 6.88. The number of hydrogen-bond donors (Lipinski definition) is 1. The molecule has 0 bridgehead atoms. The molecule has 0 saturated heterocycles. The van der Waals surface area contributed by atoms with Gasteiger partial charge in [0.25, 0.3) is 0 Å². The summed E-state index contributed by atoms with van der Waals surface area (Å²) < 4.78 is 6.05. The van der Waals surface area contributed by atoms with Gasteiger partial charge >= 0.3 is 0 Å². The van der Waals surface area contributed by atoms with Crippen molar-refractivity contribution in [1.82, 2.24) is 0 Å². The van der Waals surface area contributed by atoms with Crippen molar-refractivity contribution in [3.05, 3.63) is 58.6 Å². The van der Waals surface area contributed by atoms with E-state index < -0.39 is 0 Å². The van der Waals surface area contributed by atoms with Crippen molar-refractivity contribution in [2.75, 3.05) is 12.4 Å². The monoisotopic (exact) mass is 345 g/mol. The fourth-order valence-corrected chi connectivity index (χ4v) is 2.88. The highest BCUT2D eigenvalue weighted by atomic mass is 79.9. The van der Waals surface area contributed by atoms with Crippen LogP contribution in [0.3, 0.4) is 0 Å². The highest BCUT2D eigenvalue weighted by molar-refractivity contribution is 9.10. The Morgan fingerprint density at radius 2 is 1.90 bits per heavy atom. The third-order valence-corrected chi connectivity index (χ3v) is 4.49. The number of anilines is 1. The summed E-state index contributed by atoms with van der Waals surface area (Å²) in [7, 11) is 1.65. The average Bonchev–Trinajstić information content (AvgIpc) is 3.30. The first-order chi connectivity index (χ1) is 10.2. The number of hydrogen-bond acceptors (Lipinski definition) is 2. The lowest BCUT2D eigenvalue weighted by Gasteiger charge is -2.07. The Balaban J connectivity index is 1.64. The summed E-state index contributed by atoms with van der Waals surface area (Å²) in [6, 6.07) is 15.6. The SMILES string of the molecule is COc1ccc(C2CC2C(=O)Nc2ccccc2Br)cc1. The summed E-state index contributed by atoms with van der Waals surface area (Å²) in [6.45, 7) is 0. The molecule has 0 spiro atoms. The van der Waals surface area contributed by atoms with Gasteiger partial charge in [-0.05, 0) is 58.1 Å². The summed E-state index contributed by atoms with van der Waals surface area (Å²) in [4.78, 5) is 12.3. The summed E-state index contributed by atoms with van der Waals surface area (Å²) in [6.07, 6.45) is 0.905. The van der Waals surface area contributed by atoms with Gasteiger partial charge in [0.1, 0.15) is 5.75 Å². The molecule has 1 amide bonds. The maximum absolute atomic E-state index is 12.3. The van der Waals surface area contributed by atoms with E-state index in [1.165, 1.54) is 5.56 Å². The minimum atomic E-state index is 0.0606. The quantitative estimate of drug-likeness (QED) is 0.901. The Kier molecular flexibility index (Phi) is 3.97. The van der Waals surface area contributed by atoms with Crippen LogP contribution in [-0.4, -0.2) is 13.0 Å². The summed E-state index contributed by atoms with van der Waals surface area (Å²) in [5.41, 5.74) is 2.02. The van der Waals surface area contributed by atoms with Crippen molar-refractivity contribution < 1.29 is 9.53 Å². The third-order valence-electron chi connectivity index (χ3n) is 3.80. The van der Waals surface area contributed by atoms with Gasteiger partial charge in [0, 0.05) is 10.4 Å². The van der Waals surface area contributed by atoms with E-state index in [0.717, 1.165) is 22.3 Å². The molecule has 1 aliphatic rings. The van der Waals surface area contributed by atoms with E-state index in [4.69, 9.17) is 4.74 Å². The largest absolute Gasteiger partial charge is 0.497 e. The molecule has 21 heavy (non-hydrogen) atoms. The van der Waals surface area contributed by atoms with Gasteiger partial charge in [0.05, 0.1) is 12.8 Å². The minimum absolute atomic E-state index is 0.0606. The van der Waals surface area contributed by atoms with E-state index >= 15 is 0 Å². The van der Waals surface area contributed by atoms with Crippen LogP contribution in [0.2, 0.25) is 0 Å². The van der Waals surface area contributed by atoms with Crippen molar-refractivity contribution in [2.24, 2.45) is 5.92 Å². The van der Waals surface area contributed by atoms with Gasteiger partial charge in [-0.25, -0.2) is 0 Å². The Hall–Kier alpha value is -1.81. The predicted octanol–water partition coefficient (Wildman–Crippen LogP) is 4.20. The number of methoxy groups -OCH3 is 1. The molecule has 0 aliphatic heterocycles. The van der Waals surface area contributed by atoms with E-state index in [2.05, 4.69) is 21.2 Å². The first-order valence-corrected chi connectivity index (χ1v) is 7.67. The number of halogens is 1. The number of benzene rings is 2. The number of ether oxygens (including phenoxy) is 1. The smallest absolute Gasteiger partial charge is 0.228 e. The molecule has 2 aromatic carbocycles. The molecule has 0 aromatic heterocycles. The van der Waals surface area contributed by atoms with Crippen molar-refractivity contribution in [1.29, 1.82) is 0 Å². The first kappa shape index (κ1) is 14.1. The number of rotatable bonds is 4. The van der Waals surface area contributed by atoms with Crippen molar-refractivity contribution in [3.63, 3.8) is 0 Å². The fourth-order valence-electron chi connectivity index (χ4n) is 2.49. The van der Waals surface area contributed by atoms with Crippen LogP contribution in [0.1, 0.15) is 17.9 Å². The summed E-state index contributed by atoms with van der Waals surface area (Å²) in [5, 5.41) is 2.98. The van der Waals surface area contributed by atoms with Crippen LogP contribution in [0.5, 0.6) is 5.75 Å². The van der Waals surface area contributed by atoms with Gasteiger partial charge in [-0.15, -0.1) is 0 Å². The zero-order chi connectivity index (χ0) is 14.8. The van der Waals surface area contributed by atoms with E-state index in [9.17, 15) is 4.79 Å². The van der Waals surface area contributed by atoms with E-state index in [0.29, 0.717) is 5.92 Å². The molecule has 1 fully saturated rings. The molecule has 1 saturated carbocycles. The molecule has 0 heterocycles. The second-order valence-electron chi connectivity index (χ2n) is 5.19. The number of carbonyl (C=O) groups excluding carboxylic acids is 1. The van der Waals surface area contributed by atoms with Crippen LogP contribution >= 0.6 is 15.9 Å². The van der Waals surface area contributed by atoms with Gasteiger partial charge in [-0.3, -0.25) is 4.79 Å². The minimum Gasteiger partial charge on any atom is -0.497 e. The fraction of sp³-hybridized carbons (Fsp3) is 0.235.